The number of likely N-dealkylation sites (tertiary alicyclic amines) is 1. The zero-order valence-corrected chi connectivity index (χ0v) is 15.1. The molecule has 0 radical (unpaired) electrons. The summed E-state index contributed by atoms with van der Waals surface area (Å²) >= 11 is 6.58. The van der Waals surface area contributed by atoms with Crippen LogP contribution in [0.25, 0.3) is 6.08 Å². The number of nitrogens with zero attached hydrogens (tertiary/aromatic N) is 2. The summed E-state index contributed by atoms with van der Waals surface area (Å²) in [5, 5.41) is 0. The SMILES string of the molecule is O=C(CN1C(=O)/C(=C/c2ccccc2)SC1=S)N1CCCCCC1. The van der Waals surface area contributed by atoms with Crippen molar-refractivity contribution in [2.75, 3.05) is 19.6 Å². The fourth-order valence-electron chi connectivity index (χ4n) is 2.89. The molecule has 2 aliphatic heterocycles. The highest BCUT2D eigenvalue weighted by Gasteiger charge is 2.34. The Morgan fingerprint density at radius 1 is 1.12 bits per heavy atom. The maximum absolute atomic E-state index is 12.6. The normalized spacial score (nSPS) is 20.6. The fraction of sp³-hybridized carbons (Fsp3) is 0.389. The average Bonchev–Trinajstić information content (AvgIpc) is 2.80. The molecule has 126 valence electrons. The third-order valence-electron chi connectivity index (χ3n) is 4.22. The van der Waals surface area contributed by atoms with Gasteiger partial charge in [0.05, 0.1) is 4.91 Å². The summed E-state index contributed by atoms with van der Waals surface area (Å²) < 4.78 is 0.463. The zero-order valence-electron chi connectivity index (χ0n) is 13.4. The van der Waals surface area contributed by atoms with Gasteiger partial charge in [-0.2, -0.15) is 0 Å². The molecule has 2 saturated heterocycles. The second-order valence-corrected chi connectivity index (χ2v) is 7.65. The molecule has 24 heavy (non-hydrogen) atoms. The lowest BCUT2D eigenvalue weighted by molar-refractivity contribution is -0.135. The zero-order chi connectivity index (χ0) is 16.9. The first-order valence-electron chi connectivity index (χ1n) is 8.23. The van der Waals surface area contributed by atoms with Gasteiger partial charge in [-0.3, -0.25) is 14.5 Å². The molecule has 3 rings (SSSR count). The van der Waals surface area contributed by atoms with E-state index in [1.807, 2.05) is 41.3 Å². The van der Waals surface area contributed by atoms with Crippen LogP contribution < -0.4 is 0 Å². The van der Waals surface area contributed by atoms with E-state index in [1.165, 1.54) is 29.5 Å². The smallest absolute Gasteiger partial charge is 0.266 e. The van der Waals surface area contributed by atoms with Crippen LogP contribution in [-0.2, 0) is 9.59 Å². The van der Waals surface area contributed by atoms with Gasteiger partial charge >= 0.3 is 0 Å². The lowest BCUT2D eigenvalue weighted by Gasteiger charge is -2.23. The first-order chi connectivity index (χ1) is 11.6. The predicted octanol–water partition coefficient (Wildman–Crippen LogP) is 3.29. The van der Waals surface area contributed by atoms with Crippen LogP contribution in [0.3, 0.4) is 0 Å². The first-order valence-corrected chi connectivity index (χ1v) is 9.46. The molecule has 6 heteroatoms. The molecule has 1 aromatic carbocycles. The lowest BCUT2D eigenvalue weighted by atomic mass is 10.2. The van der Waals surface area contributed by atoms with Crippen molar-refractivity contribution in [3.8, 4) is 0 Å². The number of amides is 2. The Labute approximate surface area is 151 Å². The molecule has 2 aliphatic rings. The van der Waals surface area contributed by atoms with Crippen LogP contribution in [0.2, 0.25) is 0 Å². The van der Waals surface area contributed by atoms with E-state index < -0.39 is 0 Å². The molecule has 0 aliphatic carbocycles. The summed E-state index contributed by atoms with van der Waals surface area (Å²) in [5.41, 5.74) is 0.955. The molecule has 0 unspecified atom stereocenters. The monoisotopic (exact) mass is 360 g/mol. The van der Waals surface area contributed by atoms with Crippen LogP contribution in [0.1, 0.15) is 31.2 Å². The molecule has 0 N–H and O–H groups in total. The second-order valence-electron chi connectivity index (χ2n) is 5.97. The van der Waals surface area contributed by atoms with Crippen molar-refractivity contribution in [3.63, 3.8) is 0 Å². The van der Waals surface area contributed by atoms with Crippen molar-refractivity contribution in [2.45, 2.75) is 25.7 Å². The summed E-state index contributed by atoms with van der Waals surface area (Å²) in [6.45, 7) is 1.62. The molecule has 0 atom stereocenters. The molecular weight excluding hydrogens is 340 g/mol. The van der Waals surface area contributed by atoms with Gasteiger partial charge in [0, 0.05) is 13.1 Å². The van der Waals surface area contributed by atoms with E-state index in [1.54, 1.807) is 0 Å². The maximum atomic E-state index is 12.6. The number of hydrogen-bond acceptors (Lipinski definition) is 4. The minimum absolute atomic E-state index is 0.00541. The van der Waals surface area contributed by atoms with Gasteiger partial charge in [0.1, 0.15) is 10.9 Å². The van der Waals surface area contributed by atoms with E-state index >= 15 is 0 Å². The van der Waals surface area contributed by atoms with Gasteiger partial charge in [0.15, 0.2) is 0 Å². The molecular formula is C18H20N2O2S2. The van der Waals surface area contributed by atoms with Gasteiger partial charge in [0.25, 0.3) is 5.91 Å². The highest BCUT2D eigenvalue weighted by Crippen LogP contribution is 2.32. The van der Waals surface area contributed by atoms with Crippen molar-refractivity contribution < 1.29 is 9.59 Å². The number of thioether (sulfide) groups is 1. The molecule has 2 heterocycles. The molecule has 0 saturated carbocycles. The van der Waals surface area contributed by atoms with E-state index in [0.717, 1.165) is 31.5 Å². The lowest BCUT2D eigenvalue weighted by Crippen LogP contribution is -2.42. The van der Waals surface area contributed by atoms with Crippen LogP contribution in [-0.4, -0.2) is 45.6 Å². The van der Waals surface area contributed by atoms with Crippen molar-refractivity contribution >= 4 is 46.2 Å². The Morgan fingerprint density at radius 3 is 2.46 bits per heavy atom. The topological polar surface area (TPSA) is 40.6 Å². The van der Waals surface area contributed by atoms with Gasteiger partial charge in [0.2, 0.25) is 5.91 Å². The van der Waals surface area contributed by atoms with E-state index in [-0.39, 0.29) is 18.4 Å². The highest BCUT2D eigenvalue weighted by molar-refractivity contribution is 8.26. The highest BCUT2D eigenvalue weighted by atomic mass is 32.2. The van der Waals surface area contributed by atoms with Gasteiger partial charge in [-0.25, -0.2) is 0 Å². The molecule has 0 bridgehead atoms. The van der Waals surface area contributed by atoms with Gasteiger partial charge in [-0.05, 0) is 24.5 Å². The summed E-state index contributed by atoms with van der Waals surface area (Å²) in [7, 11) is 0. The average molecular weight is 361 g/mol. The molecule has 2 amide bonds. The van der Waals surface area contributed by atoms with Crippen molar-refractivity contribution in [3.05, 3.63) is 40.8 Å². The van der Waals surface area contributed by atoms with Crippen LogP contribution >= 0.6 is 24.0 Å². The Balaban J connectivity index is 1.68. The Morgan fingerprint density at radius 2 is 1.79 bits per heavy atom. The van der Waals surface area contributed by atoms with Gasteiger partial charge in [-0.15, -0.1) is 0 Å². The Kier molecular flexibility index (Phi) is 5.68. The number of carbonyl (C=O) groups is 2. The van der Waals surface area contributed by atoms with Crippen LogP contribution in [0.15, 0.2) is 35.2 Å². The molecule has 0 aromatic heterocycles. The molecule has 0 spiro atoms. The third kappa shape index (κ3) is 4.05. The summed E-state index contributed by atoms with van der Waals surface area (Å²) in [5.74, 6) is -0.175. The summed E-state index contributed by atoms with van der Waals surface area (Å²) in [6.07, 6.45) is 6.25. The first kappa shape index (κ1) is 17.2. The summed E-state index contributed by atoms with van der Waals surface area (Å²) in [6, 6.07) is 9.66. The quantitative estimate of drug-likeness (QED) is 0.613. The minimum atomic E-state index is -0.169. The molecule has 4 nitrogen and oxygen atoms in total. The number of thiocarbonyl (C=S) groups is 1. The minimum Gasteiger partial charge on any atom is -0.341 e. The van der Waals surface area contributed by atoms with E-state index in [9.17, 15) is 9.59 Å². The summed E-state index contributed by atoms with van der Waals surface area (Å²) in [4.78, 5) is 29.0. The predicted molar refractivity (Wildman–Crippen MR) is 101 cm³/mol. The van der Waals surface area contributed by atoms with Gasteiger partial charge < -0.3 is 4.90 Å². The Hall–Kier alpha value is -1.66. The number of hydrogen-bond donors (Lipinski definition) is 0. The third-order valence-corrected chi connectivity index (χ3v) is 5.60. The van der Waals surface area contributed by atoms with Crippen molar-refractivity contribution in [1.82, 2.24) is 9.80 Å². The Bertz CT molecular complexity index is 665. The van der Waals surface area contributed by atoms with Crippen LogP contribution in [0.4, 0.5) is 0 Å². The van der Waals surface area contributed by atoms with E-state index in [0.29, 0.717) is 9.23 Å². The maximum Gasteiger partial charge on any atom is 0.266 e. The molecule has 1 aromatic rings. The number of benzene rings is 1. The van der Waals surface area contributed by atoms with Crippen molar-refractivity contribution in [2.24, 2.45) is 0 Å². The van der Waals surface area contributed by atoms with E-state index in [2.05, 4.69) is 0 Å². The van der Waals surface area contributed by atoms with Crippen LogP contribution in [0, 0.1) is 0 Å². The molecule has 2 fully saturated rings. The van der Waals surface area contributed by atoms with Crippen LogP contribution in [0.5, 0.6) is 0 Å². The van der Waals surface area contributed by atoms with Crippen molar-refractivity contribution in [1.29, 1.82) is 0 Å². The fourth-order valence-corrected chi connectivity index (χ4v) is 4.15. The number of rotatable bonds is 3. The van der Waals surface area contributed by atoms with E-state index in [4.69, 9.17) is 12.2 Å². The largest absolute Gasteiger partial charge is 0.341 e. The standard InChI is InChI=1S/C18H20N2O2S2/c21-16(19-10-6-1-2-7-11-19)13-20-17(22)15(24-18(20)23)12-14-8-4-3-5-9-14/h3-5,8-9,12H,1-2,6-7,10-11,13H2/b15-12-. The second kappa shape index (κ2) is 7.94. The number of carbonyl (C=O) groups excluding carboxylic acids is 2. The van der Waals surface area contributed by atoms with Gasteiger partial charge in [-0.1, -0.05) is 67.2 Å².